The third-order valence-electron chi connectivity index (χ3n) is 3.06. The molecule has 7 heteroatoms. The van der Waals surface area contributed by atoms with E-state index in [9.17, 15) is 9.90 Å². The zero-order chi connectivity index (χ0) is 12.4. The number of aromatic nitrogens is 3. The number of aryl methyl sites for hydroxylation is 1. The van der Waals surface area contributed by atoms with Crippen molar-refractivity contribution in [2.45, 2.75) is 25.0 Å². The molecule has 1 heterocycles. The Balaban J connectivity index is 1.92. The third kappa shape index (κ3) is 2.62. The van der Waals surface area contributed by atoms with Crippen LogP contribution in [0.2, 0.25) is 0 Å². The molecule has 3 unspecified atom stereocenters. The number of nitrogens with zero attached hydrogens (tertiary/aromatic N) is 3. The zero-order valence-corrected chi connectivity index (χ0v) is 9.58. The number of aliphatic hydroxyl groups excluding tert-OH is 2. The minimum absolute atomic E-state index is 0.0569. The van der Waals surface area contributed by atoms with E-state index in [0.29, 0.717) is 12.8 Å². The number of hydrogen-bond acceptors (Lipinski definition) is 5. The van der Waals surface area contributed by atoms with Crippen molar-refractivity contribution in [1.29, 1.82) is 0 Å². The van der Waals surface area contributed by atoms with Crippen LogP contribution in [0.4, 0.5) is 0 Å². The number of amides is 1. The van der Waals surface area contributed by atoms with Crippen molar-refractivity contribution in [3.05, 3.63) is 11.9 Å². The summed E-state index contributed by atoms with van der Waals surface area (Å²) in [4.78, 5) is 11.7. The lowest BCUT2D eigenvalue weighted by atomic mass is 10.1. The molecule has 0 radical (unpaired) electrons. The zero-order valence-electron chi connectivity index (χ0n) is 9.58. The highest BCUT2D eigenvalue weighted by Gasteiger charge is 2.33. The molecule has 0 aliphatic heterocycles. The summed E-state index contributed by atoms with van der Waals surface area (Å²) in [5, 5.41) is 28.8. The van der Waals surface area contributed by atoms with Crippen molar-refractivity contribution < 1.29 is 15.0 Å². The van der Waals surface area contributed by atoms with Crippen molar-refractivity contribution in [2.24, 2.45) is 13.0 Å². The number of carbonyl (C=O) groups excluding carboxylic acids is 1. The van der Waals surface area contributed by atoms with Crippen LogP contribution in [-0.2, 0) is 7.05 Å². The van der Waals surface area contributed by atoms with Crippen molar-refractivity contribution in [1.82, 2.24) is 20.3 Å². The minimum Gasteiger partial charge on any atom is -0.396 e. The maximum absolute atomic E-state index is 11.7. The minimum atomic E-state index is -0.549. The Bertz CT molecular complexity index is 406. The van der Waals surface area contributed by atoms with Gasteiger partial charge in [-0.3, -0.25) is 9.48 Å². The predicted molar refractivity (Wildman–Crippen MR) is 58.1 cm³/mol. The molecule has 0 spiro atoms. The van der Waals surface area contributed by atoms with Crippen LogP contribution < -0.4 is 5.32 Å². The van der Waals surface area contributed by atoms with Crippen LogP contribution in [0.3, 0.4) is 0 Å². The summed E-state index contributed by atoms with van der Waals surface area (Å²) in [5.74, 6) is -0.448. The van der Waals surface area contributed by atoms with Gasteiger partial charge in [-0.1, -0.05) is 5.21 Å². The first kappa shape index (κ1) is 12.0. The lowest BCUT2D eigenvalue weighted by molar-refractivity contribution is 0.0902. The highest BCUT2D eigenvalue weighted by Crippen LogP contribution is 2.25. The molecule has 0 aromatic carbocycles. The second-order valence-electron chi connectivity index (χ2n) is 4.43. The van der Waals surface area contributed by atoms with Crippen LogP contribution >= 0.6 is 0 Å². The van der Waals surface area contributed by atoms with Gasteiger partial charge in [0.25, 0.3) is 5.91 Å². The Morgan fingerprint density at radius 1 is 1.65 bits per heavy atom. The Morgan fingerprint density at radius 3 is 2.94 bits per heavy atom. The fraction of sp³-hybridized carbons (Fsp3) is 0.700. The van der Waals surface area contributed by atoms with Gasteiger partial charge < -0.3 is 15.5 Å². The van der Waals surface area contributed by atoms with Gasteiger partial charge in [-0.05, 0) is 12.8 Å². The molecule has 1 fully saturated rings. The summed E-state index contributed by atoms with van der Waals surface area (Å²) in [7, 11) is 1.69. The van der Waals surface area contributed by atoms with Crippen molar-refractivity contribution in [3.8, 4) is 0 Å². The largest absolute Gasteiger partial charge is 0.396 e. The first-order valence-corrected chi connectivity index (χ1v) is 5.56. The molecule has 1 aromatic heterocycles. The first-order valence-electron chi connectivity index (χ1n) is 5.56. The fourth-order valence-electron chi connectivity index (χ4n) is 2.13. The van der Waals surface area contributed by atoms with Crippen LogP contribution in [-0.4, -0.2) is 49.9 Å². The van der Waals surface area contributed by atoms with Gasteiger partial charge in [0, 0.05) is 25.6 Å². The standard InChI is InChI=1S/C10H16N4O3/c1-14-4-8(12-13-14)10(17)11-7-2-6(5-15)9(16)3-7/h4,6-7,9,15-16H,2-3,5H2,1H3,(H,11,17). The number of carbonyl (C=O) groups is 1. The van der Waals surface area contributed by atoms with E-state index in [0.717, 1.165) is 0 Å². The quantitative estimate of drug-likeness (QED) is 0.608. The average molecular weight is 240 g/mol. The number of aliphatic hydroxyl groups is 2. The Hall–Kier alpha value is -1.47. The van der Waals surface area contributed by atoms with Crippen LogP contribution in [0, 0.1) is 5.92 Å². The number of hydrogen-bond donors (Lipinski definition) is 3. The molecule has 2 rings (SSSR count). The van der Waals surface area contributed by atoms with E-state index >= 15 is 0 Å². The molecule has 1 saturated carbocycles. The number of nitrogens with one attached hydrogen (secondary N) is 1. The molecule has 17 heavy (non-hydrogen) atoms. The number of rotatable bonds is 3. The Kier molecular flexibility index (Phi) is 3.39. The Morgan fingerprint density at radius 2 is 2.41 bits per heavy atom. The van der Waals surface area contributed by atoms with E-state index in [2.05, 4.69) is 15.6 Å². The summed E-state index contributed by atoms with van der Waals surface area (Å²) in [6, 6.07) is -0.114. The van der Waals surface area contributed by atoms with E-state index in [1.54, 1.807) is 7.05 Å². The van der Waals surface area contributed by atoms with Crippen LogP contribution in [0.5, 0.6) is 0 Å². The molecule has 1 aliphatic rings. The first-order chi connectivity index (χ1) is 8.10. The summed E-state index contributed by atoms with van der Waals surface area (Å²) in [5.41, 5.74) is 0.259. The normalized spacial score (nSPS) is 28.3. The monoisotopic (exact) mass is 240 g/mol. The van der Waals surface area contributed by atoms with Gasteiger partial charge >= 0.3 is 0 Å². The molecule has 0 saturated heterocycles. The topological polar surface area (TPSA) is 100 Å². The predicted octanol–water partition coefficient (Wildman–Crippen LogP) is -1.32. The third-order valence-corrected chi connectivity index (χ3v) is 3.06. The van der Waals surface area contributed by atoms with Gasteiger partial charge in [-0.2, -0.15) is 0 Å². The lowest BCUT2D eigenvalue weighted by Gasteiger charge is -2.10. The van der Waals surface area contributed by atoms with E-state index in [1.807, 2.05) is 0 Å². The SMILES string of the molecule is Cn1cc(C(=O)NC2CC(O)C(CO)C2)nn1. The van der Waals surface area contributed by atoms with E-state index in [1.165, 1.54) is 10.9 Å². The van der Waals surface area contributed by atoms with Crippen LogP contribution in [0.25, 0.3) is 0 Å². The highest BCUT2D eigenvalue weighted by molar-refractivity contribution is 5.92. The van der Waals surface area contributed by atoms with Crippen molar-refractivity contribution in [2.75, 3.05) is 6.61 Å². The maximum Gasteiger partial charge on any atom is 0.273 e. The van der Waals surface area contributed by atoms with E-state index in [-0.39, 0.29) is 30.2 Å². The molecule has 94 valence electrons. The lowest BCUT2D eigenvalue weighted by Crippen LogP contribution is -2.33. The van der Waals surface area contributed by atoms with Gasteiger partial charge in [0.15, 0.2) is 5.69 Å². The molecular formula is C10H16N4O3. The summed E-state index contributed by atoms with van der Waals surface area (Å²) in [6.45, 7) is -0.0569. The average Bonchev–Trinajstić information content (AvgIpc) is 2.85. The molecule has 3 atom stereocenters. The molecule has 7 nitrogen and oxygen atoms in total. The van der Waals surface area contributed by atoms with Gasteiger partial charge in [-0.15, -0.1) is 5.10 Å². The van der Waals surface area contributed by atoms with Gasteiger partial charge in [0.1, 0.15) is 0 Å². The summed E-state index contributed by atoms with van der Waals surface area (Å²) < 4.78 is 1.45. The molecule has 1 amide bonds. The smallest absolute Gasteiger partial charge is 0.273 e. The van der Waals surface area contributed by atoms with Gasteiger partial charge in [0.05, 0.1) is 12.3 Å². The molecule has 1 aliphatic carbocycles. The van der Waals surface area contributed by atoms with E-state index < -0.39 is 6.10 Å². The van der Waals surface area contributed by atoms with Crippen molar-refractivity contribution in [3.63, 3.8) is 0 Å². The molecule has 3 N–H and O–H groups in total. The van der Waals surface area contributed by atoms with Crippen LogP contribution in [0.15, 0.2) is 6.20 Å². The van der Waals surface area contributed by atoms with Crippen molar-refractivity contribution >= 4 is 5.91 Å². The molecule has 1 aromatic rings. The summed E-state index contributed by atoms with van der Waals surface area (Å²) in [6.07, 6.45) is 2.04. The van der Waals surface area contributed by atoms with Gasteiger partial charge in [-0.25, -0.2) is 0 Å². The highest BCUT2D eigenvalue weighted by atomic mass is 16.3. The maximum atomic E-state index is 11.7. The van der Waals surface area contributed by atoms with Gasteiger partial charge in [0.2, 0.25) is 0 Å². The molecular weight excluding hydrogens is 224 g/mol. The van der Waals surface area contributed by atoms with E-state index in [4.69, 9.17) is 5.11 Å². The fourth-order valence-corrected chi connectivity index (χ4v) is 2.13. The Labute approximate surface area is 98.4 Å². The summed E-state index contributed by atoms with van der Waals surface area (Å²) >= 11 is 0. The second kappa shape index (κ2) is 4.80. The second-order valence-corrected chi connectivity index (χ2v) is 4.43. The molecule has 0 bridgehead atoms. The van der Waals surface area contributed by atoms with Crippen LogP contribution in [0.1, 0.15) is 23.3 Å².